The third kappa shape index (κ3) is 13.8. The summed E-state index contributed by atoms with van der Waals surface area (Å²) in [4.78, 5) is 0. The standard InChI is InChI=1S/C25H43Br/c1-2-3-4-5-6-7-8-9-10-11-12-13-14-15-16-17-18-24-19-21-25(23-26)22-20-24/h19-22H,2-18,23H2,1H3. The van der Waals surface area contributed by atoms with Gasteiger partial charge in [-0.15, -0.1) is 0 Å². The van der Waals surface area contributed by atoms with Crippen molar-refractivity contribution in [2.45, 2.75) is 121 Å². The molecule has 1 aromatic rings. The van der Waals surface area contributed by atoms with Gasteiger partial charge in [-0.25, -0.2) is 0 Å². The lowest BCUT2D eigenvalue weighted by Gasteiger charge is -2.04. The predicted octanol–water partition coefficient (Wildman–Crippen LogP) is 9.39. The summed E-state index contributed by atoms with van der Waals surface area (Å²) >= 11 is 3.51. The van der Waals surface area contributed by atoms with E-state index in [4.69, 9.17) is 0 Å². The first kappa shape index (κ1) is 23.7. The van der Waals surface area contributed by atoms with E-state index in [2.05, 4.69) is 47.1 Å². The molecule has 0 amide bonds. The Morgan fingerprint density at radius 1 is 0.500 bits per heavy atom. The molecule has 0 saturated heterocycles. The van der Waals surface area contributed by atoms with Crippen molar-refractivity contribution < 1.29 is 0 Å². The molecule has 0 bridgehead atoms. The minimum atomic E-state index is 0.965. The number of hydrogen-bond donors (Lipinski definition) is 0. The van der Waals surface area contributed by atoms with Crippen molar-refractivity contribution in [3.05, 3.63) is 35.4 Å². The first-order valence-corrected chi connectivity index (χ1v) is 12.6. The van der Waals surface area contributed by atoms with Crippen LogP contribution in [0.15, 0.2) is 24.3 Å². The molecule has 0 aliphatic carbocycles. The van der Waals surface area contributed by atoms with Crippen molar-refractivity contribution in [2.75, 3.05) is 0 Å². The second-order valence-corrected chi connectivity index (χ2v) is 8.56. The summed E-state index contributed by atoms with van der Waals surface area (Å²) < 4.78 is 0. The van der Waals surface area contributed by atoms with E-state index in [1.165, 1.54) is 120 Å². The van der Waals surface area contributed by atoms with E-state index in [0.29, 0.717) is 0 Å². The van der Waals surface area contributed by atoms with Gasteiger partial charge in [-0.1, -0.05) is 143 Å². The van der Waals surface area contributed by atoms with E-state index in [-0.39, 0.29) is 0 Å². The fraction of sp³-hybridized carbons (Fsp3) is 0.760. The molecule has 1 heteroatoms. The Labute approximate surface area is 172 Å². The second kappa shape index (κ2) is 18.1. The van der Waals surface area contributed by atoms with Gasteiger partial charge < -0.3 is 0 Å². The van der Waals surface area contributed by atoms with Crippen molar-refractivity contribution in [1.29, 1.82) is 0 Å². The van der Waals surface area contributed by atoms with Crippen LogP contribution in [0.2, 0.25) is 0 Å². The molecule has 0 aromatic heterocycles. The van der Waals surface area contributed by atoms with Crippen molar-refractivity contribution in [2.24, 2.45) is 0 Å². The van der Waals surface area contributed by atoms with Gasteiger partial charge in [-0.3, -0.25) is 0 Å². The van der Waals surface area contributed by atoms with Crippen LogP contribution in [0, 0.1) is 0 Å². The highest BCUT2D eigenvalue weighted by Gasteiger charge is 1.96. The smallest absolute Gasteiger partial charge is 0.0283 e. The molecule has 0 nitrogen and oxygen atoms in total. The summed E-state index contributed by atoms with van der Waals surface area (Å²) in [6, 6.07) is 9.08. The quantitative estimate of drug-likeness (QED) is 0.163. The van der Waals surface area contributed by atoms with E-state index in [1.54, 1.807) is 0 Å². The number of alkyl halides is 1. The number of rotatable bonds is 18. The van der Waals surface area contributed by atoms with Gasteiger partial charge in [0.05, 0.1) is 0 Å². The lowest BCUT2D eigenvalue weighted by Crippen LogP contribution is -1.87. The zero-order valence-electron chi connectivity index (χ0n) is 17.4. The average Bonchev–Trinajstić information content (AvgIpc) is 2.68. The second-order valence-electron chi connectivity index (χ2n) is 8.00. The van der Waals surface area contributed by atoms with Gasteiger partial charge >= 0.3 is 0 Å². The van der Waals surface area contributed by atoms with Gasteiger partial charge in [-0.2, -0.15) is 0 Å². The summed E-state index contributed by atoms with van der Waals surface area (Å²) in [7, 11) is 0. The van der Waals surface area contributed by atoms with Gasteiger partial charge in [0.2, 0.25) is 0 Å². The molecule has 0 saturated carbocycles. The third-order valence-electron chi connectivity index (χ3n) is 5.50. The zero-order chi connectivity index (χ0) is 18.7. The molecular formula is C25H43Br. The number of aryl methyl sites for hydroxylation is 1. The average molecular weight is 424 g/mol. The Morgan fingerprint density at radius 3 is 1.23 bits per heavy atom. The number of halogens is 1. The molecule has 0 heterocycles. The molecule has 1 rings (SSSR count). The molecule has 0 radical (unpaired) electrons. The zero-order valence-corrected chi connectivity index (χ0v) is 19.0. The minimum Gasteiger partial charge on any atom is -0.0876 e. The van der Waals surface area contributed by atoms with Crippen LogP contribution in [-0.4, -0.2) is 0 Å². The molecule has 0 N–H and O–H groups in total. The maximum absolute atomic E-state index is 3.51. The van der Waals surface area contributed by atoms with E-state index >= 15 is 0 Å². The molecule has 150 valence electrons. The van der Waals surface area contributed by atoms with Crippen LogP contribution in [0.25, 0.3) is 0 Å². The summed E-state index contributed by atoms with van der Waals surface area (Å²) in [5.74, 6) is 0. The first-order valence-electron chi connectivity index (χ1n) is 11.5. The van der Waals surface area contributed by atoms with Gasteiger partial charge in [0.15, 0.2) is 0 Å². The van der Waals surface area contributed by atoms with Gasteiger partial charge in [0, 0.05) is 5.33 Å². The summed E-state index contributed by atoms with van der Waals surface area (Å²) in [5, 5.41) is 0.965. The van der Waals surface area contributed by atoms with Gasteiger partial charge in [0.1, 0.15) is 0 Å². The molecular weight excluding hydrogens is 380 g/mol. The Bertz CT molecular complexity index is 395. The Hall–Kier alpha value is -0.300. The SMILES string of the molecule is CCCCCCCCCCCCCCCCCCc1ccc(CBr)cc1. The summed E-state index contributed by atoms with van der Waals surface area (Å²) in [6.07, 6.45) is 24.4. The van der Waals surface area contributed by atoms with E-state index < -0.39 is 0 Å². The van der Waals surface area contributed by atoms with Crippen LogP contribution in [0.4, 0.5) is 0 Å². The maximum Gasteiger partial charge on any atom is 0.0283 e. The van der Waals surface area contributed by atoms with Crippen LogP contribution >= 0.6 is 15.9 Å². The highest BCUT2D eigenvalue weighted by atomic mass is 79.9. The van der Waals surface area contributed by atoms with Gasteiger partial charge in [0.25, 0.3) is 0 Å². The minimum absolute atomic E-state index is 0.965. The highest BCUT2D eigenvalue weighted by Crippen LogP contribution is 2.15. The van der Waals surface area contributed by atoms with Crippen molar-refractivity contribution >= 4 is 15.9 Å². The lowest BCUT2D eigenvalue weighted by atomic mass is 10.0. The fourth-order valence-electron chi connectivity index (χ4n) is 3.67. The van der Waals surface area contributed by atoms with Crippen LogP contribution in [0.1, 0.15) is 121 Å². The molecule has 0 unspecified atom stereocenters. The van der Waals surface area contributed by atoms with E-state index in [9.17, 15) is 0 Å². The van der Waals surface area contributed by atoms with E-state index in [0.717, 1.165) is 5.33 Å². The molecule has 0 atom stereocenters. The van der Waals surface area contributed by atoms with Crippen LogP contribution in [0.5, 0.6) is 0 Å². The topological polar surface area (TPSA) is 0 Å². The monoisotopic (exact) mass is 422 g/mol. The first-order chi connectivity index (χ1) is 12.9. The van der Waals surface area contributed by atoms with Gasteiger partial charge in [-0.05, 0) is 24.0 Å². The summed E-state index contributed by atoms with van der Waals surface area (Å²) in [5.41, 5.74) is 2.88. The van der Waals surface area contributed by atoms with E-state index in [1.807, 2.05) is 0 Å². The third-order valence-corrected chi connectivity index (χ3v) is 6.14. The number of unbranched alkanes of at least 4 members (excludes halogenated alkanes) is 15. The van der Waals surface area contributed by atoms with Crippen molar-refractivity contribution in [1.82, 2.24) is 0 Å². The lowest BCUT2D eigenvalue weighted by molar-refractivity contribution is 0.529. The number of benzene rings is 1. The molecule has 1 aromatic carbocycles. The number of hydrogen-bond acceptors (Lipinski definition) is 0. The Balaban J connectivity index is 1.76. The Kier molecular flexibility index (Phi) is 16.5. The fourth-order valence-corrected chi connectivity index (χ4v) is 4.05. The van der Waals surface area contributed by atoms with Crippen molar-refractivity contribution in [3.63, 3.8) is 0 Å². The maximum atomic E-state index is 3.51. The van der Waals surface area contributed by atoms with Crippen LogP contribution in [0.3, 0.4) is 0 Å². The molecule has 0 aliphatic rings. The molecule has 0 spiro atoms. The molecule has 0 aliphatic heterocycles. The summed E-state index contributed by atoms with van der Waals surface area (Å²) in [6.45, 7) is 2.30. The Morgan fingerprint density at radius 2 is 0.846 bits per heavy atom. The molecule has 26 heavy (non-hydrogen) atoms. The highest BCUT2D eigenvalue weighted by molar-refractivity contribution is 9.08. The predicted molar refractivity (Wildman–Crippen MR) is 122 cm³/mol. The van der Waals surface area contributed by atoms with Crippen molar-refractivity contribution in [3.8, 4) is 0 Å². The van der Waals surface area contributed by atoms with Crippen LogP contribution < -0.4 is 0 Å². The molecule has 0 fully saturated rings. The normalized spacial score (nSPS) is 11.2. The van der Waals surface area contributed by atoms with Crippen LogP contribution in [-0.2, 0) is 11.8 Å². The largest absolute Gasteiger partial charge is 0.0876 e.